The maximum absolute atomic E-state index is 13.2. The molecule has 0 saturated carbocycles. The highest BCUT2D eigenvalue weighted by atomic mass is 79.9. The predicted octanol–water partition coefficient (Wildman–Crippen LogP) is 3.70. The van der Waals surface area contributed by atoms with Gasteiger partial charge in [0.25, 0.3) is 0 Å². The normalized spacial score (nSPS) is 15.7. The lowest BCUT2D eigenvalue weighted by Crippen LogP contribution is -2.53. The summed E-state index contributed by atoms with van der Waals surface area (Å²) >= 11 is 3.13. The van der Waals surface area contributed by atoms with Crippen LogP contribution in [-0.2, 0) is 23.0 Å². The Morgan fingerprint density at radius 2 is 1.88 bits per heavy atom. The Hall–Kier alpha value is -1.28. The van der Waals surface area contributed by atoms with Gasteiger partial charge in [0.05, 0.1) is 4.90 Å². The molecule has 1 aliphatic heterocycles. The summed E-state index contributed by atoms with van der Waals surface area (Å²) in [5.74, 6) is -0.483. The van der Waals surface area contributed by atoms with Gasteiger partial charge in [0.15, 0.2) is 0 Å². The highest BCUT2D eigenvalue weighted by molar-refractivity contribution is 9.10. The second kappa shape index (κ2) is 7.38. The Morgan fingerprint density at radius 3 is 2.58 bits per heavy atom. The van der Waals surface area contributed by atoms with Gasteiger partial charge in [-0.2, -0.15) is 0 Å². The molecule has 0 aromatic heterocycles. The van der Waals surface area contributed by atoms with Crippen LogP contribution in [0.2, 0.25) is 0 Å². The minimum atomic E-state index is -3.73. The third kappa shape index (κ3) is 4.17. The number of hydrogen-bond donors (Lipinski definition) is 1. The molecule has 7 heteroatoms. The Morgan fingerprint density at radius 1 is 1.19 bits per heavy atom. The number of sulfonamides is 1. The van der Waals surface area contributed by atoms with Gasteiger partial charge in [-0.1, -0.05) is 24.3 Å². The average Bonchev–Trinajstić information content (AvgIpc) is 2.59. The second-order valence-corrected chi connectivity index (χ2v) is 9.74. The fraction of sp³-hybridized carbons (Fsp3) is 0.368. The Bertz CT molecular complexity index is 916. The molecule has 0 fully saturated rings. The second-order valence-electron chi connectivity index (χ2n) is 7.15. The number of benzene rings is 2. The summed E-state index contributed by atoms with van der Waals surface area (Å²) < 4.78 is 41.3. The van der Waals surface area contributed by atoms with Crippen molar-refractivity contribution in [1.82, 2.24) is 9.62 Å². The maximum Gasteiger partial charge on any atom is 0.241 e. The maximum atomic E-state index is 13.2. The van der Waals surface area contributed by atoms with Crippen LogP contribution in [0.15, 0.2) is 51.8 Å². The van der Waals surface area contributed by atoms with Crippen molar-refractivity contribution in [3.05, 3.63) is 63.9 Å². The Kier molecular flexibility index (Phi) is 5.53. The lowest BCUT2D eigenvalue weighted by Gasteiger charge is -2.41. The van der Waals surface area contributed by atoms with Crippen LogP contribution in [0.4, 0.5) is 4.39 Å². The van der Waals surface area contributed by atoms with Crippen LogP contribution >= 0.6 is 15.9 Å². The third-order valence-corrected chi connectivity index (χ3v) is 7.24. The molecule has 0 bridgehead atoms. The SMILES string of the molecule is CC(C)(CNS(=O)(=O)c1ccc(F)cc1Br)N1CCc2ccccc2C1. The van der Waals surface area contributed by atoms with E-state index in [2.05, 4.69) is 37.7 Å². The van der Waals surface area contributed by atoms with E-state index in [1.54, 1.807) is 0 Å². The topological polar surface area (TPSA) is 49.4 Å². The van der Waals surface area contributed by atoms with Crippen LogP contribution in [0.1, 0.15) is 25.0 Å². The molecule has 0 amide bonds. The van der Waals surface area contributed by atoms with Gasteiger partial charge in [0.2, 0.25) is 10.0 Å². The first-order valence-corrected chi connectivity index (χ1v) is 10.7. The molecule has 0 atom stereocenters. The zero-order valence-corrected chi connectivity index (χ0v) is 17.2. The van der Waals surface area contributed by atoms with E-state index in [0.717, 1.165) is 31.6 Å². The number of rotatable bonds is 5. The summed E-state index contributed by atoms with van der Waals surface area (Å²) in [7, 11) is -3.73. The number of nitrogens with zero attached hydrogens (tertiary/aromatic N) is 1. The fourth-order valence-corrected chi connectivity index (χ4v) is 5.42. The molecule has 0 saturated heterocycles. The van der Waals surface area contributed by atoms with E-state index >= 15 is 0 Å². The van der Waals surface area contributed by atoms with Crippen molar-refractivity contribution in [2.24, 2.45) is 0 Å². The van der Waals surface area contributed by atoms with Crippen LogP contribution in [0.5, 0.6) is 0 Å². The number of nitrogens with one attached hydrogen (secondary N) is 1. The lowest BCUT2D eigenvalue weighted by molar-refractivity contribution is 0.108. The first-order chi connectivity index (χ1) is 12.2. The van der Waals surface area contributed by atoms with Crippen molar-refractivity contribution in [3.8, 4) is 0 Å². The first kappa shape index (κ1) is 19.5. The Labute approximate surface area is 162 Å². The van der Waals surface area contributed by atoms with Gasteiger partial charge < -0.3 is 0 Å². The van der Waals surface area contributed by atoms with E-state index in [1.807, 2.05) is 26.0 Å². The lowest BCUT2D eigenvalue weighted by atomic mass is 9.94. The zero-order valence-electron chi connectivity index (χ0n) is 14.8. The largest absolute Gasteiger partial charge is 0.292 e. The van der Waals surface area contributed by atoms with Crippen molar-refractivity contribution in [1.29, 1.82) is 0 Å². The molecule has 1 heterocycles. The fourth-order valence-electron chi connectivity index (χ4n) is 3.17. The molecule has 0 unspecified atom stereocenters. The van der Waals surface area contributed by atoms with E-state index in [-0.39, 0.29) is 21.5 Å². The van der Waals surface area contributed by atoms with Crippen LogP contribution in [0.25, 0.3) is 0 Å². The molecular formula is C19H22BrFN2O2S. The highest BCUT2D eigenvalue weighted by Crippen LogP contribution is 2.26. The van der Waals surface area contributed by atoms with E-state index < -0.39 is 15.8 Å². The van der Waals surface area contributed by atoms with Gasteiger partial charge in [-0.25, -0.2) is 17.5 Å². The summed E-state index contributed by atoms with van der Waals surface area (Å²) in [6, 6.07) is 11.9. The van der Waals surface area contributed by atoms with E-state index in [4.69, 9.17) is 0 Å². The first-order valence-electron chi connectivity index (χ1n) is 8.46. The summed E-state index contributed by atoms with van der Waals surface area (Å²) in [6.45, 7) is 6.00. The molecular weight excluding hydrogens is 419 g/mol. The van der Waals surface area contributed by atoms with Gasteiger partial charge in [0, 0.05) is 29.6 Å². The van der Waals surface area contributed by atoms with Crippen LogP contribution < -0.4 is 4.72 Å². The standard InChI is InChI=1S/C19H22BrFN2O2S/c1-19(2,23-10-9-14-5-3-4-6-15(14)12-23)13-22-26(24,25)18-8-7-16(21)11-17(18)20/h3-8,11,22H,9-10,12-13H2,1-2H3. The summed E-state index contributed by atoms with van der Waals surface area (Å²) in [5.41, 5.74) is 2.29. The predicted molar refractivity (Wildman–Crippen MR) is 104 cm³/mol. The van der Waals surface area contributed by atoms with Gasteiger partial charge in [0.1, 0.15) is 5.82 Å². The van der Waals surface area contributed by atoms with Gasteiger partial charge in [-0.3, -0.25) is 4.90 Å². The van der Waals surface area contributed by atoms with Crippen LogP contribution in [0, 0.1) is 5.82 Å². The molecule has 4 nitrogen and oxygen atoms in total. The molecule has 3 rings (SSSR count). The van der Waals surface area contributed by atoms with Crippen LogP contribution in [-0.4, -0.2) is 31.9 Å². The molecule has 26 heavy (non-hydrogen) atoms. The number of halogens is 2. The van der Waals surface area contributed by atoms with Crippen molar-refractivity contribution in [2.45, 2.75) is 37.2 Å². The van der Waals surface area contributed by atoms with Crippen molar-refractivity contribution < 1.29 is 12.8 Å². The molecule has 2 aromatic rings. The van der Waals surface area contributed by atoms with Crippen molar-refractivity contribution in [2.75, 3.05) is 13.1 Å². The van der Waals surface area contributed by atoms with Crippen molar-refractivity contribution in [3.63, 3.8) is 0 Å². The number of hydrogen-bond acceptors (Lipinski definition) is 3. The minimum Gasteiger partial charge on any atom is -0.292 e. The van der Waals surface area contributed by atoms with Crippen molar-refractivity contribution >= 4 is 26.0 Å². The van der Waals surface area contributed by atoms with E-state index in [1.165, 1.54) is 17.2 Å². The number of fused-ring (bicyclic) bond motifs is 1. The average molecular weight is 441 g/mol. The smallest absolute Gasteiger partial charge is 0.241 e. The summed E-state index contributed by atoms with van der Waals surface area (Å²) in [5, 5.41) is 0. The minimum absolute atomic E-state index is 0.0405. The molecule has 0 radical (unpaired) electrons. The molecule has 0 spiro atoms. The molecule has 2 aromatic carbocycles. The van der Waals surface area contributed by atoms with Gasteiger partial charge in [-0.05, 0) is 65.5 Å². The summed E-state index contributed by atoms with van der Waals surface area (Å²) in [6.07, 6.45) is 0.954. The zero-order chi connectivity index (χ0) is 18.9. The molecule has 1 N–H and O–H groups in total. The molecule has 140 valence electrons. The monoisotopic (exact) mass is 440 g/mol. The quantitative estimate of drug-likeness (QED) is 0.770. The van der Waals surface area contributed by atoms with E-state index in [0.29, 0.717) is 0 Å². The Balaban J connectivity index is 1.72. The van der Waals surface area contributed by atoms with Crippen LogP contribution in [0.3, 0.4) is 0 Å². The van der Waals surface area contributed by atoms with E-state index in [9.17, 15) is 12.8 Å². The summed E-state index contributed by atoms with van der Waals surface area (Å²) in [4.78, 5) is 2.33. The third-order valence-electron chi connectivity index (χ3n) is 4.86. The molecule has 0 aliphatic carbocycles. The molecule has 1 aliphatic rings. The highest BCUT2D eigenvalue weighted by Gasteiger charge is 2.31. The van der Waals surface area contributed by atoms with Gasteiger partial charge in [-0.15, -0.1) is 0 Å². The van der Waals surface area contributed by atoms with Gasteiger partial charge >= 0.3 is 0 Å².